The summed E-state index contributed by atoms with van der Waals surface area (Å²) in [6.45, 7) is 7.85. The van der Waals surface area contributed by atoms with Gasteiger partial charge in [0, 0.05) is 25.0 Å². The van der Waals surface area contributed by atoms with Crippen LogP contribution in [-0.2, 0) is 24.0 Å². The van der Waals surface area contributed by atoms with Crippen molar-refractivity contribution in [1.29, 1.82) is 0 Å². The number of nitrogens with one attached hydrogen (secondary N) is 4. The Balaban J connectivity index is 0. The van der Waals surface area contributed by atoms with E-state index in [0.717, 1.165) is 64.2 Å². The maximum atomic E-state index is 14.6. The van der Waals surface area contributed by atoms with Crippen LogP contribution in [0.3, 0.4) is 0 Å². The summed E-state index contributed by atoms with van der Waals surface area (Å²) in [6, 6.07) is -3.68. The zero-order valence-corrected chi connectivity index (χ0v) is 36.8. The van der Waals surface area contributed by atoms with Gasteiger partial charge in [0.25, 0.3) is 11.8 Å². The molecule has 1 saturated heterocycles. The SMILES string of the molecule is C.CCC[C@H](NC(=O)[C@@H]1[C@@H]2CCC[C@@H]2CN1C(=O)[C@@H](NC(=O)[C@@H](NC(=O)c1cnccn1)C1CCCCC1)C(C)(C)C)C(=O)C(=O)NC1CC1.S.S.S.S.S. The Kier molecular flexibility index (Phi) is 24.6. The number of aromatic nitrogens is 2. The molecule has 55 heavy (non-hydrogen) atoms. The molecule has 3 aliphatic carbocycles. The van der Waals surface area contributed by atoms with E-state index < -0.39 is 59.0 Å². The van der Waals surface area contributed by atoms with Crippen LogP contribution in [0.2, 0.25) is 0 Å². The van der Waals surface area contributed by atoms with E-state index in [1.54, 1.807) is 4.90 Å². The number of hydrogen-bond acceptors (Lipinski definition) is 8. The van der Waals surface area contributed by atoms with Crippen LogP contribution >= 0.6 is 67.5 Å². The molecule has 18 heteroatoms. The maximum Gasteiger partial charge on any atom is 0.289 e. The van der Waals surface area contributed by atoms with Gasteiger partial charge in [-0.1, -0.05) is 67.2 Å². The highest BCUT2D eigenvalue weighted by atomic mass is 32.1. The molecule has 2 heterocycles. The van der Waals surface area contributed by atoms with Gasteiger partial charge in [-0.15, -0.1) is 0 Å². The minimum absolute atomic E-state index is 0. The van der Waals surface area contributed by atoms with Gasteiger partial charge in [0.05, 0.1) is 12.2 Å². The van der Waals surface area contributed by atoms with Crippen molar-refractivity contribution in [3.63, 3.8) is 0 Å². The van der Waals surface area contributed by atoms with Crippen LogP contribution in [0, 0.1) is 23.2 Å². The number of nitrogens with zero attached hydrogens (tertiary/aromatic N) is 3. The predicted molar refractivity (Wildman–Crippen MR) is 239 cm³/mol. The summed E-state index contributed by atoms with van der Waals surface area (Å²) in [5.41, 5.74) is -0.638. The van der Waals surface area contributed by atoms with Gasteiger partial charge in [0.1, 0.15) is 23.8 Å². The van der Waals surface area contributed by atoms with Crippen LogP contribution in [0.5, 0.6) is 0 Å². The van der Waals surface area contributed by atoms with E-state index in [-0.39, 0.29) is 110 Å². The lowest BCUT2D eigenvalue weighted by Crippen LogP contribution is -2.62. The highest BCUT2D eigenvalue weighted by Gasteiger charge is 2.52. The van der Waals surface area contributed by atoms with E-state index in [9.17, 15) is 28.8 Å². The number of rotatable bonds is 13. The number of carbonyl (C=O) groups excluding carboxylic acids is 6. The smallest absolute Gasteiger partial charge is 0.289 e. The highest BCUT2D eigenvalue weighted by molar-refractivity contribution is 7.60. The summed E-state index contributed by atoms with van der Waals surface area (Å²) in [4.78, 5) is 91.4. The quantitative estimate of drug-likeness (QED) is 0.217. The third-order valence-corrected chi connectivity index (χ3v) is 10.7. The molecule has 1 aromatic heterocycles. The summed E-state index contributed by atoms with van der Waals surface area (Å²) in [6.07, 6.45) is 13.9. The monoisotopic (exact) mass is 865 g/mol. The highest BCUT2D eigenvalue weighted by Crippen LogP contribution is 2.43. The predicted octanol–water partition coefficient (Wildman–Crippen LogP) is 3.65. The molecule has 3 saturated carbocycles. The molecule has 0 unspecified atom stereocenters. The van der Waals surface area contributed by atoms with Crippen LogP contribution in [0.4, 0.5) is 0 Å². The second-order valence-electron chi connectivity index (χ2n) is 15.5. The molecule has 316 valence electrons. The van der Waals surface area contributed by atoms with Crippen LogP contribution in [0.15, 0.2) is 18.6 Å². The fraction of sp³-hybridized carbons (Fsp3) is 0.730. The summed E-state index contributed by atoms with van der Waals surface area (Å²) in [5.74, 6) is -3.20. The Bertz CT molecular complexity index is 1410. The molecule has 0 radical (unpaired) electrons. The van der Waals surface area contributed by atoms with Gasteiger partial charge in [0.15, 0.2) is 0 Å². The summed E-state index contributed by atoms with van der Waals surface area (Å²) >= 11 is 0. The first-order valence-corrected chi connectivity index (χ1v) is 18.2. The van der Waals surface area contributed by atoms with Gasteiger partial charge >= 0.3 is 0 Å². The Hall–Kier alpha value is -2.15. The third-order valence-electron chi connectivity index (χ3n) is 10.7. The van der Waals surface area contributed by atoms with Crippen molar-refractivity contribution in [3.05, 3.63) is 24.3 Å². The van der Waals surface area contributed by atoms with Crippen LogP contribution < -0.4 is 21.3 Å². The number of hydrogen-bond donors (Lipinski definition) is 4. The Morgan fingerprint density at radius 1 is 0.836 bits per heavy atom. The van der Waals surface area contributed by atoms with Crippen LogP contribution in [0.1, 0.15) is 123 Å². The van der Waals surface area contributed by atoms with E-state index in [0.29, 0.717) is 19.4 Å². The summed E-state index contributed by atoms with van der Waals surface area (Å²) in [7, 11) is 0. The van der Waals surface area contributed by atoms with Gasteiger partial charge in [-0.05, 0) is 68.1 Å². The van der Waals surface area contributed by atoms with E-state index >= 15 is 0 Å². The van der Waals surface area contributed by atoms with E-state index in [1.165, 1.54) is 18.6 Å². The lowest BCUT2D eigenvalue weighted by atomic mass is 9.82. The Labute approximate surface area is 362 Å². The Morgan fingerprint density at radius 2 is 1.49 bits per heavy atom. The molecule has 1 aromatic rings. The lowest BCUT2D eigenvalue weighted by molar-refractivity contribution is -0.146. The first-order valence-electron chi connectivity index (χ1n) is 18.2. The van der Waals surface area contributed by atoms with Crippen molar-refractivity contribution in [3.8, 4) is 0 Å². The molecule has 0 spiro atoms. The summed E-state index contributed by atoms with van der Waals surface area (Å²) < 4.78 is 0. The standard InChI is InChI=1S/C36H53N7O6.CH4.5H2S/c1-5-10-25(29(44)34(48)39-23-15-16-23)40-33(47)28-24-14-9-13-22(24)20-43(28)35(49)30(36(2,3)4)42-32(46)27(21-11-7-6-8-12-21)41-31(45)26-19-37-17-18-38-26;;;;;;/h17-19,21-25,27-28,30H,5-16,20H2,1-4H3,(H,39,48)(H,40,47)(H,41,45)(H,42,46);1H4;5*1H2/t22-,24-,25+,27+,28+,30-;;;;;;/m1....../s1. The van der Waals surface area contributed by atoms with Crippen LogP contribution in [-0.4, -0.2) is 86.9 Å². The first kappa shape index (κ1) is 54.9. The minimum Gasteiger partial charge on any atom is -0.347 e. The second-order valence-corrected chi connectivity index (χ2v) is 15.5. The zero-order valence-electron chi connectivity index (χ0n) is 31.8. The molecule has 4 aliphatic rings. The van der Waals surface area contributed by atoms with E-state index in [1.807, 2.05) is 27.7 Å². The number of likely N-dealkylation sites (tertiary alicyclic amines) is 1. The summed E-state index contributed by atoms with van der Waals surface area (Å²) in [5, 5.41) is 11.5. The number of carbonyl (C=O) groups is 6. The van der Waals surface area contributed by atoms with Gasteiger partial charge in [-0.25, -0.2) is 4.98 Å². The second kappa shape index (κ2) is 24.6. The van der Waals surface area contributed by atoms with Crippen molar-refractivity contribution in [2.24, 2.45) is 23.2 Å². The molecular weight excluding hydrogens is 799 g/mol. The lowest BCUT2D eigenvalue weighted by Gasteiger charge is -2.38. The molecule has 5 rings (SSSR count). The number of amides is 5. The normalized spacial score (nSPS) is 21.6. The molecule has 0 bridgehead atoms. The molecule has 13 nitrogen and oxygen atoms in total. The topological polar surface area (TPSA) is 180 Å². The molecule has 0 aromatic carbocycles. The first-order chi connectivity index (χ1) is 23.4. The molecule has 4 N–H and O–H groups in total. The van der Waals surface area contributed by atoms with Crippen molar-refractivity contribution in [1.82, 2.24) is 36.1 Å². The fourth-order valence-electron chi connectivity index (χ4n) is 7.87. The molecule has 1 aliphatic heterocycles. The van der Waals surface area contributed by atoms with Gasteiger partial charge in [-0.3, -0.25) is 33.8 Å². The van der Waals surface area contributed by atoms with E-state index in [4.69, 9.17) is 0 Å². The van der Waals surface area contributed by atoms with Crippen molar-refractivity contribution < 1.29 is 28.8 Å². The zero-order chi connectivity index (χ0) is 35.3. The van der Waals surface area contributed by atoms with Crippen LogP contribution in [0.25, 0.3) is 0 Å². The molecule has 4 fully saturated rings. The largest absolute Gasteiger partial charge is 0.347 e. The fourth-order valence-corrected chi connectivity index (χ4v) is 7.87. The van der Waals surface area contributed by atoms with Crippen molar-refractivity contribution in [2.75, 3.05) is 6.54 Å². The van der Waals surface area contributed by atoms with E-state index in [2.05, 4.69) is 31.2 Å². The third kappa shape index (κ3) is 14.0. The van der Waals surface area contributed by atoms with Gasteiger partial charge < -0.3 is 26.2 Å². The molecular formula is C37H67N7O6S5. The van der Waals surface area contributed by atoms with Gasteiger partial charge in [0.2, 0.25) is 23.5 Å². The number of fused-ring (bicyclic) bond motifs is 1. The molecule has 5 amide bonds. The minimum atomic E-state index is -0.994. The van der Waals surface area contributed by atoms with Crippen molar-refractivity contribution in [2.45, 2.75) is 142 Å². The maximum absolute atomic E-state index is 14.6. The van der Waals surface area contributed by atoms with Crippen molar-refractivity contribution >= 4 is 103 Å². The average molecular weight is 866 g/mol. The molecule has 6 atom stereocenters. The number of Topliss-reactive ketones (excluding diaryl/α,β-unsaturated/α-hetero) is 1. The average Bonchev–Trinajstić information content (AvgIpc) is 3.65. The number of ketones is 1. The van der Waals surface area contributed by atoms with Gasteiger partial charge in [-0.2, -0.15) is 67.5 Å². The Morgan fingerprint density at radius 3 is 2.05 bits per heavy atom.